The first-order valence-corrected chi connectivity index (χ1v) is 12.3. The molecule has 0 radical (unpaired) electrons. The van der Waals surface area contributed by atoms with Crippen molar-refractivity contribution in [3.63, 3.8) is 0 Å². The van der Waals surface area contributed by atoms with Crippen molar-refractivity contribution in [2.75, 3.05) is 12.4 Å². The van der Waals surface area contributed by atoms with Crippen LogP contribution in [-0.4, -0.2) is 37.5 Å². The zero-order valence-corrected chi connectivity index (χ0v) is 20.3. The van der Waals surface area contributed by atoms with E-state index in [9.17, 15) is 4.79 Å². The van der Waals surface area contributed by atoms with E-state index in [0.29, 0.717) is 12.4 Å². The Morgan fingerprint density at radius 3 is 2.62 bits per heavy atom. The van der Waals surface area contributed by atoms with E-state index < -0.39 is 0 Å². The van der Waals surface area contributed by atoms with Crippen molar-refractivity contribution in [1.29, 1.82) is 0 Å². The summed E-state index contributed by atoms with van der Waals surface area (Å²) in [6.45, 7) is 6.61. The number of carbonyl (C=O) groups is 1. The minimum atomic E-state index is 0.0862. The molecule has 166 valence electrons. The molecule has 8 heteroatoms. The zero-order chi connectivity index (χ0) is 22.7. The number of ketones is 1. The van der Waals surface area contributed by atoms with E-state index in [2.05, 4.69) is 26.2 Å². The van der Waals surface area contributed by atoms with Crippen LogP contribution in [0.25, 0.3) is 5.69 Å². The van der Waals surface area contributed by atoms with Gasteiger partial charge in [0.25, 0.3) is 0 Å². The summed E-state index contributed by atoms with van der Waals surface area (Å²) in [6.07, 6.45) is 0.749. The van der Waals surface area contributed by atoms with Crippen LogP contribution in [0.5, 0.6) is 5.75 Å². The number of hydrogen-bond acceptors (Lipinski definition) is 6. The van der Waals surface area contributed by atoms with Crippen LogP contribution >= 0.6 is 23.1 Å². The van der Waals surface area contributed by atoms with E-state index in [0.717, 1.165) is 45.8 Å². The van der Waals surface area contributed by atoms with Crippen LogP contribution in [0.1, 0.15) is 39.4 Å². The lowest BCUT2D eigenvalue weighted by Crippen LogP contribution is -2.07. The van der Waals surface area contributed by atoms with E-state index in [1.165, 1.54) is 16.6 Å². The van der Waals surface area contributed by atoms with Gasteiger partial charge in [0, 0.05) is 41.0 Å². The molecule has 3 aromatic heterocycles. The van der Waals surface area contributed by atoms with Crippen molar-refractivity contribution in [3.8, 4) is 11.4 Å². The van der Waals surface area contributed by atoms with Gasteiger partial charge in [-0.15, -0.1) is 21.5 Å². The van der Waals surface area contributed by atoms with Crippen molar-refractivity contribution in [2.45, 2.75) is 32.3 Å². The lowest BCUT2D eigenvalue weighted by molar-refractivity contribution is 0.102. The molecule has 1 aromatic carbocycles. The van der Waals surface area contributed by atoms with Crippen LogP contribution in [0.15, 0.2) is 53.0 Å². The third kappa shape index (κ3) is 4.66. The Morgan fingerprint density at radius 2 is 1.94 bits per heavy atom. The lowest BCUT2D eigenvalue weighted by atomic mass is 10.2. The maximum Gasteiger partial charge on any atom is 0.191 e. The molecule has 4 rings (SSSR count). The summed E-state index contributed by atoms with van der Waals surface area (Å²) < 4.78 is 9.62. The molecule has 4 aromatic rings. The van der Waals surface area contributed by atoms with E-state index >= 15 is 0 Å². The highest BCUT2D eigenvalue weighted by Crippen LogP contribution is 2.25. The molecule has 0 N–H and O–H groups in total. The summed E-state index contributed by atoms with van der Waals surface area (Å²) in [5.41, 5.74) is 3.72. The second-order valence-corrected chi connectivity index (χ2v) is 9.45. The molecule has 0 aliphatic heterocycles. The number of Topliss-reactive ketones (excluding diaryl/α,β-unsaturated/α-hetero) is 1. The van der Waals surface area contributed by atoms with Gasteiger partial charge in [0.15, 0.2) is 10.9 Å². The highest BCUT2D eigenvalue weighted by atomic mass is 32.2. The zero-order valence-electron chi connectivity index (χ0n) is 18.7. The molecule has 0 saturated carbocycles. The van der Waals surface area contributed by atoms with E-state index in [1.807, 2.05) is 68.8 Å². The quantitative estimate of drug-likeness (QED) is 0.249. The minimum absolute atomic E-state index is 0.0862. The van der Waals surface area contributed by atoms with Crippen molar-refractivity contribution in [3.05, 3.63) is 75.5 Å². The predicted molar refractivity (Wildman–Crippen MR) is 130 cm³/mol. The van der Waals surface area contributed by atoms with Crippen molar-refractivity contribution in [2.24, 2.45) is 7.05 Å². The number of thiophene rings is 1. The molecule has 0 aliphatic carbocycles. The van der Waals surface area contributed by atoms with Gasteiger partial charge in [0.05, 0.1) is 12.4 Å². The van der Waals surface area contributed by atoms with Gasteiger partial charge in [-0.2, -0.15) is 0 Å². The Bertz CT molecular complexity index is 1210. The van der Waals surface area contributed by atoms with Gasteiger partial charge in [-0.1, -0.05) is 17.8 Å². The Morgan fingerprint density at radius 1 is 1.16 bits per heavy atom. The second-order valence-electron chi connectivity index (χ2n) is 7.47. The van der Waals surface area contributed by atoms with Gasteiger partial charge >= 0.3 is 0 Å². The highest BCUT2D eigenvalue weighted by molar-refractivity contribution is 7.99. The molecule has 0 saturated heterocycles. The lowest BCUT2D eigenvalue weighted by Gasteiger charge is -2.11. The van der Waals surface area contributed by atoms with Gasteiger partial charge < -0.3 is 13.9 Å². The summed E-state index contributed by atoms with van der Waals surface area (Å²) in [4.78, 5) is 14.3. The summed E-state index contributed by atoms with van der Waals surface area (Å²) >= 11 is 3.13. The molecule has 0 bridgehead atoms. The molecule has 0 amide bonds. The SMILES string of the molecule is CCOc1ccc(-n2c(C)cc(C(=O)CSc3nnc(Cc4cccs4)n3C)c2C)cc1. The van der Waals surface area contributed by atoms with Gasteiger partial charge in [-0.25, -0.2) is 0 Å². The predicted octanol–water partition coefficient (Wildman–Crippen LogP) is 5.25. The Balaban J connectivity index is 1.46. The van der Waals surface area contributed by atoms with Crippen LogP contribution in [0.4, 0.5) is 0 Å². The number of carbonyl (C=O) groups excluding carboxylic acids is 1. The average molecular weight is 467 g/mol. The van der Waals surface area contributed by atoms with E-state index in [1.54, 1.807) is 11.3 Å². The van der Waals surface area contributed by atoms with E-state index in [-0.39, 0.29) is 5.78 Å². The average Bonchev–Trinajstić information content (AvgIpc) is 3.49. The summed E-state index contributed by atoms with van der Waals surface area (Å²) in [5.74, 6) is 2.14. The summed E-state index contributed by atoms with van der Waals surface area (Å²) in [7, 11) is 1.95. The topological polar surface area (TPSA) is 61.9 Å². The van der Waals surface area contributed by atoms with Gasteiger partial charge in [-0.3, -0.25) is 4.79 Å². The maximum absolute atomic E-state index is 13.0. The molecule has 32 heavy (non-hydrogen) atoms. The van der Waals surface area contributed by atoms with Gasteiger partial charge in [0.1, 0.15) is 11.6 Å². The number of benzene rings is 1. The largest absolute Gasteiger partial charge is 0.494 e. The fourth-order valence-corrected chi connectivity index (χ4v) is 5.22. The normalized spacial score (nSPS) is 11.1. The monoisotopic (exact) mass is 466 g/mol. The Kier molecular flexibility index (Phi) is 6.81. The second kappa shape index (κ2) is 9.75. The van der Waals surface area contributed by atoms with Crippen LogP contribution < -0.4 is 4.74 Å². The number of thioether (sulfide) groups is 1. The third-order valence-corrected chi connectivity index (χ3v) is 7.20. The molecule has 0 fully saturated rings. The first-order valence-electron chi connectivity index (χ1n) is 10.5. The fourth-order valence-electron chi connectivity index (χ4n) is 3.70. The van der Waals surface area contributed by atoms with Crippen LogP contribution in [-0.2, 0) is 13.5 Å². The van der Waals surface area contributed by atoms with E-state index in [4.69, 9.17) is 4.74 Å². The molecule has 0 atom stereocenters. The molecule has 6 nitrogen and oxygen atoms in total. The highest BCUT2D eigenvalue weighted by Gasteiger charge is 2.19. The van der Waals surface area contributed by atoms with Crippen LogP contribution in [0.3, 0.4) is 0 Å². The number of aromatic nitrogens is 4. The first kappa shape index (κ1) is 22.4. The van der Waals surface area contributed by atoms with Crippen LogP contribution in [0, 0.1) is 13.8 Å². The van der Waals surface area contributed by atoms with Crippen molar-refractivity contribution in [1.82, 2.24) is 19.3 Å². The maximum atomic E-state index is 13.0. The molecular formula is C24H26N4O2S2. The van der Waals surface area contributed by atoms with Crippen molar-refractivity contribution < 1.29 is 9.53 Å². The Hall–Kier alpha value is -2.84. The minimum Gasteiger partial charge on any atom is -0.494 e. The smallest absolute Gasteiger partial charge is 0.191 e. The Labute approximate surface area is 196 Å². The van der Waals surface area contributed by atoms with Gasteiger partial charge in [-0.05, 0) is 62.5 Å². The first-order chi connectivity index (χ1) is 15.5. The summed E-state index contributed by atoms with van der Waals surface area (Å²) in [6, 6.07) is 14.0. The third-order valence-electron chi connectivity index (χ3n) is 5.31. The molecular weight excluding hydrogens is 440 g/mol. The summed E-state index contributed by atoms with van der Waals surface area (Å²) in [5, 5.41) is 11.4. The molecule has 0 unspecified atom stereocenters. The molecule has 3 heterocycles. The number of ether oxygens (including phenoxy) is 1. The standard InChI is InChI=1S/C24H26N4O2S2/c1-5-30-19-10-8-18(9-11-19)28-16(2)13-21(17(28)3)22(29)15-32-24-26-25-23(27(24)4)14-20-7-6-12-31-20/h6-13H,5,14-15H2,1-4H3. The number of rotatable bonds is 9. The molecule has 0 aliphatic rings. The molecule has 0 spiro atoms. The van der Waals surface area contributed by atoms with Crippen LogP contribution in [0.2, 0.25) is 0 Å². The van der Waals surface area contributed by atoms with Crippen molar-refractivity contribution >= 4 is 28.9 Å². The van der Waals surface area contributed by atoms with Gasteiger partial charge in [0.2, 0.25) is 0 Å². The number of aryl methyl sites for hydroxylation is 1. The fraction of sp³-hybridized carbons (Fsp3) is 0.292. The number of nitrogens with zero attached hydrogens (tertiary/aromatic N) is 4. The number of hydrogen-bond donors (Lipinski definition) is 0.